The van der Waals surface area contributed by atoms with Crippen LogP contribution in [0.25, 0.3) is 0 Å². The number of carbonyl (C=O) groups excluding carboxylic acids is 1. The highest BCUT2D eigenvalue weighted by molar-refractivity contribution is 14.0. The van der Waals surface area contributed by atoms with Crippen LogP contribution in [0.4, 0.5) is 5.69 Å². The number of nitrogens with one attached hydrogen (secondary N) is 2. The second-order valence-corrected chi connectivity index (χ2v) is 4.33. The van der Waals surface area contributed by atoms with E-state index in [1.807, 2.05) is 13.8 Å². The normalized spacial score (nSPS) is 10.1. The first kappa shape index (κ1) is 21.9. The number of aliphatic imine (C=N–C) groups is 1. The Hall–Kier alpha value is -2.15. The topological polar surface area (TPSA) is 98.0 Å². The number of nitrogens with zero attached hydrogens (tertiary/aromatic N) is 1. The highest BCUT2D eigenvalue weighted by atomic mass is 127. The van der Waals surface area contributed by atoms with Gasteiger partial charge in [-0.3, -0.25) is 4.79 Å². The molecule has 0 aliphatic rings. The molecule has 8 heteroatoms. The van der Waals surface area contributed by atoms with Crippen LogP contribution < -0.4 is 25.8 Å². The highest BCUT2D eigenvalue weighted by Crippen LogP contribution is 2.29. The molecule has 0 saturated heterocycles. The van der Waals surface area contributed by atoms with Crippen molar-refractivity contribution in [2.75, 3.05) is 31.6 Å². The van der Waals surface area contributed by atoms with E-state index >= 15 is 0 Å². The number of amides is 1. The maximum atomic E-state index is 11.4. The van der Waals surface area contributed by atoms with Gasteiger partial charge in [0.25, 0.3) is 0 Å². The van der Waals surface area contributed by atoms with Gasteiger partial charge in [-0.15, -0.1) is 30.4 Å². The third-order valence-electron chi connectivity index (χ3n) is 2.61. The highest BCUT2D eigenvalue weighted by Gasteiger charge is 2.07. The summed E-state index contributed by atoms with van der Waals surface area (Å²) in [4.78, 5) is 15.4. The van der Waals surface area contributed by atoms with Crippen LogP contribution in [0.15, 0.2) is 23.2 Å². The van der Waals surface area contributed by atoms with Gasteiger partial charge >= 0.3 is 0 Å². The van der Waals surface area contributed by atoms with E-state index in [4.69, 9.17) is 21.6 Å². The van der Waals surface area contributed by atoms with Gasteiger partial charge in [0, 0.05) is 6.07 Å². The molecule has 0 unspecified atom stereocenters. The Kier molecular flexibility index (Phi) is 11.2. The Balaban J connectivity index is 0.00000529. The van der Waals surface area contributed by atoms with Gasteiger partial charge in [0.2, 0.25) is 5.91 Å². The lowest BCUT2D eigenvalue weighted by atomic mass is 10.2. The molecule has 0 fully saturated rings. The summed E-state index contributed by atoms with van der Waals surface area (Å²) in [5.74, 6) is 3.39. The minimum absolute atomic E-state index is 0. The zero-order valence-corrected chi connectivity index (χ0v) is 16.1. The quantitative estimate of drug-likeness (QED) is 0.244. The van der Waals surface area contributed by atoms with Gasteiger partial charge in [-0.05, 0) is 26.0 Å². The number of anilines is 1. The summed E-state index contributed by atoms with van der Waals surface area (Å²) in [7, 11) is 0. The van der Waals surface area contributed by atoms with E-state index in [9.17, 15) is 4.79 Å². The number of halogens is 1. The molecule has 24 heavy (non-hydrogen) atoms. The minimum atomic E-state index is -0.305. The van der Waals surface area contributed by atoms with Crippen molar-refractivity contribution in [3.8, 4) is 23.8 Å². The van der Waals surface area contributed by atoms with Gasteiger partial charge in [0.15, 0.2) is 5.96 Å². The molecule has 1 rings (SSSR count). The molecule has 0 atom stereocenters. The molecule has 0 aromatic heterocycles. The molecule has 0 spiro atoms. The van der Waals surface area contributed by atoms with Gasteiger partial charge in [-0.2, -0.15) is 0 Å². The average Bonchev–Trinajstić information content (AvgIpc) is 2.54. The predicted molar refractivity (Wildman–Crippen MR) is 106 cm³/mol. The van der Waals surface area contributed by atoms with Crippen molar-refractivity contribution < 1.29 is 14.3 Å². The van der Waals surface area contributed by atoms with Gasteiger partial charge in [0.1, 0.15) is 18.0 Å². The van der Waals surface area contributed by atoms with E-state index in [1.54, 1.807) is 18.2 Å². The predicted octanol–water partition coefficient (Wildman–Crippen LogP) is 1.58. The number of hydrogen-bond acceptors (Lipinski definition) is 4. The summed E-state index contributed by atoms with van der Waals surface area (Å²) < 4.78 is 11.0. The SMILES string of the molecule is C#CCNC(=O)CN=C(N)Nc1cc(OCC)ccc1OCC.I. The second kappa shape index (κ2) is 12.3. The Bertz CT molecular complexity index is 599. The molecule has 0 heterocycles. The van der Waals surface area contributed by atoms with Gasteiger partial charge in [-0.25, -0.2) is 4.99 Å². The van der Waals surface area contributed by atoms with Crippen LogP contribution in [0.2, 0.25) is 0 Å². The van der Waals surface area contributed by atoms with E-state index in [2.05, 4.69) is 21.5 Å². The Morgan fingerprint density at radius 2 is 2.04 bits per heavy atom. The monoisotopic (exact) mass is 446 g/mol. The Morgan fingerprint density at radius 1 is 1.33 bits per heavy atom. The van der Waals surface area contributed by atoms with Crippen LogP contribution in [0.1, 0.15) is 13.8 Å². The largest absolute Gasteiger partial charge is 0.494 e. The first-order valence-electron chi connectivity index (χ1n) is 7.27. The molecule has 1 aromatic carbocycles. The summed E-state index contributed by atoms with van der Waals surface area (Å²) in [6, 6.07) is 5.35. The van der Waals surface area contributed by atoms with Gasteiger partial charge in [-0.1, -0.05) is 5.92 Å². The second-order valence-electron chi connectivity index (χ2n) is 4.33. The number of rotatable bonds is 8. The van der Waals surface area contributed by atoms with Gasteiger partial charge < -0.3 is 25.8 Å². The lowest BCUT2D eigenvalue weighted by Crippen LogP contribution is -2.29. The third-order valence-corrected chi connectivity index (χ3v) is 2.61. The molecule has 132 valence electrons. The molecule has 7 nitrogen and oxygen atoms in total. The van der Waals surface area contributed by atoms with E-state index in [-0.39, 0.29) is 48.9 Å². The van der Waals surface area contributed by atoms with Crippen LogP contribution in [0, 0.1) is 12.3 Å². The first-order chi connectivity index (χ1) is 11.1. The molecule has 0 aliphatic carbocycles. The van der Waals surface area contributed by atoms with Crippen molar-refractivity contribution in [2.45, 2.75) is 13.8 Å². The maximum Gasteiger partial charge on any atom is 0.242 e. The first-order valence-corrected chi connectivity index (χ1v) is 7.27. The molecule has 0 aliphatic heterocycles. The summed E-state index contributed by atoms with van der Waals surface area (Å²) >= 11 is 0. The van der Waals surface area contributed by atoms with Crippen molar-refractivity contribution in [3.05, 3.63) is 18.2 Å². The number of nitrogens with two attached hydrogens (primary N) is 1. The average molecular weight is 446 g/mol. The summed E-state index contributed by atoms with van der Waals surface area (Å²) in [6.45, 7) is 4.88. The molecule has 0 saturated carbocycles. The zero-order valence-electron chi connectivity index (χ0n) is 13.8. The number of benzene rings is 1. The molecular weight excluding hydrogens is 423 g/mol. The molecule has 4 N–H and O–H groups in total. The van der Waals surface area contributed by atoms with Crippen molar-refractivity contribution in [2.24, 2.45) is 10.7 Å². The minimum Gasteiger partial charge on any atom is -0.494 e. The van der Waals surface area contributed by atoms with Crippen LogP contribution in [-0.2, 0) is 4.79 Å². The van der Waals surface area contributed by atoms with Crippen LogP contribution >= 0.6 is 24.0 Å². The third kappa shape index (κ3) is 7.92. The maximum absolute atomic E-state index is 11.4. The zero-order chi connectivity index (χ0) is 17.1. The number of terminal acetylenes is 1. The van der Waals surface area contributed by atoms with E-state index < -0.39 is 0 Å². The van der Waals surface area contributed by atoms with Crippen molar-refractivity contribution in [1.82, 2.24) is 5.32 Å². The van der Waals surface area contributed by atoms with Crippen molar-refractivity contribution in [1.29, 1.82) is 0 Å². The molecule has 0 radical (unpaired) electrons. The van der Waals surface area contributed by atoms with E-state index in [0.717, 1.165) is 0 Å². The lowest BCUT2D eigenvalue weighted by molar-refractivity contribution is -0.119. The number of hydrogen-bond donors (Lipinski definition) is 3. The number of guanidine groups is 1. The number of ether oxygens (including phenoxy) is 2. The Labute approximate surface area is 159 Å². The molecule has 1 aromatic rings. The summed E-state index contributed by atoms with van der Waals surface area (Å²) in [5.41, 5.74) is 6.41. The van der Waals surface area contributed by atoms with E-state index in [1.165, 1.54) is 0 Å². The fourth-order valence-corrected chi connectivity index (χ4v) is 1.68. The van der Waals surface area contributed by atoms with Crippen molar-refractivity contribution >= 4 is 41.5 Å². The molecular formula is C16H23IN4O3. The van der Waals surface area contributed by atoms with E-state index in [0.29, 0.717) is 30.4 Å². The van der Waals surface area contributed by atoms with Gasteiger partial charge in [0.05, 0.1) is 25.4 Å². The fraction of sp³-hybridized carbons (Fsp3) is 0.375. The van der Waals surface area contributed by atoms with Crippen molar-refractivity contribution in [3.63, 3.8) is 0 Å². The lowest BCUT2D eigenvalue weighted by Gasteiger charge is -2.13. The molecule has 1 amide bonds. The fourth-order valence-electron chi connectivity index (χ4n) is 1.68. The summed E-state index contributed by atoms with van der Waals surface area (Å²) in [6.07, 6.45) is 5.06. The van der Waals surface area contributed by atoms with Crippen LogP contribution in [0.3, 0.4) is 0 Å². The van der Waals surface area contributed by atoms with Crippen LogP contribution in [0.5, 0.6) is 11.5 Å². The number of carbonyl (C=O) groups is 1. The summed E-state index contributed by atoms with van der Waals surface area (Å²) in [5, 5.41) is 5.41. The standard InChI is InChI=1S/C16H22N4O3.HI/c1-4-9-18-15(21)11-19-16(17)20-13-10-12(22-5-2)7-8-14(13)23-6-3;/h1,7-8,10H,5-6,9,11H2,2-3H3,(H,18,21)(H3,17,19,20);1H. The Morgan fingerprint density at radius 3 is 2.67 bits per heavy atom. The van der Waals surface area contributed by atoms with Crippen LogP contribution in [-0.4, -0.2) is 38.2 Å². The molecule has 0 bridgehead atoms. The smallest absolute Gasteiger partial charge is 0.242 e.